The molecular formula is C27H26FN3O3. The first-order chi connectivity index (χ1) is 16.7. The van der Waals surface area contributed by atoms with Crippen molar-refractivity contribution in [1.82, 2.24) is 10.1 Å². The first-order valence-electron chi connectivity index (χ1n) is 11.5. The smallest absolute Gasteiger partial charge is 0.254 e. The third-order valence-corrected chi connectivity index (χ3v) is 6.09. The SMILES string of the molecule is O=C(c1cccc(F)c1)N(Cc1ccco1)Cc1c(-c2ccccc2)noc1N1CCCCC1. The predicted octanol–water partition coefficient (Wildman–Crippen LogP) is 5.91. The lowest BCUT2D eigenvalue weighted by molar-refractivity contribution is 0.0717. The summed E-state index contributed by atoms with van der Waals surface area (Å²) >= 11 is 0. The van der Waals surface area contributed by atoms with Crippen molar-refractivity contribution in [2.45, 2.75) is 32.4 Å². The fraction of sp³-hybridized carbons (Fsp3) is 0.259. The molecule has 0 bridgehead atoms. The van der Waals surface area contributed by atoms with Crippen LogP contribution in [0, 0.1) is 5.82 Å². The Morgan fingerprint density at radius 1 is 0.971 bits per heavy atom. The zero-order valence-corrected chi connectivity index (χ0v) is 18.8. The molecule has 34 heavy (non-hydrogen) atoms. The highest BCUT2D eigenvalue weighted by Gasteiger charge is 2.28. The monoisotopic (exact) mass is 459 g/mol. The molecule has 1 fully saturated rings. The quantitative estimate of drug-likeness (QED) is 0.344. The van der Waals surface area contributed by atoms with E-state index in [1.165, 1.54) is 18.6 Å². The van der Waals surface area contributed by atoms with Gasteiger partial charge in [0.1, 0.15) is 17.3 Å². The number of hydrogen-bond acceptors (Lipinski definition) is 5. The van der Waals surface area contributed by atoms with E-state index in [0.29, 0.717) is 17.3 Å². The summed E-state index contributed by atoms with van der Waals surface area (Å²) in [5, 5.41) is 4.42. The topological polar surface area (TPSA) is 62.7 Å². The van der Waals surface area contributed by atoms with Crippen LogP contribution in [0.15, 0.2) is 81.9 Å². The Hall–Kier alpha value is -3.87. The van der Waals surface area contributed by atoms with Gasteiger partial charge in [0.25, 0.3) is 5.91 Å². The largest absolute Gasteiger partial charge is 0.467 e. The van der Waals surface area contributed by atoms with E-state index in [4.69, 9.17) is 8.94 Å². The number of halogens is 1. The van der Waals surface area contributed by atoms with Crippen LogP contribution in [0.3, 0.4) is 0 Å². The van der Waals surface area contributed by atoms with Crippen molar-refractivity contribution in [2.24, 2.45) is 0 Å². The van der Waals surface area contributed by atoms with E-state index in [0.717, 1.165) is 37.1 Å². The molecule has 4 aromatic rings. The standard InChI is InChI=1S/C27H26FN3O3/c28-22-12-7-11-21(17-22)26(32)31(18-23-13-8-16-33-23)19-24-25(20-9-3-1-4-10-20)29-34-27(24)30-14-5-2-6-15-30/h1,3-4,7-13,16-17H,2,5-6,14-15,18-19H2. The number of rotatable bonds is 7. The van der Waals surface area contributed by atoms with E-state index >= 15 is 0 Å². The first kappa shape index (κ1) is 21.9. The number of amides is 1. The molecule has 2 aromatic carbocycles. The number of carbonyl (C=O) groups excluding carboxylic acids is 1. The number of nitrogens with zero attached hydrogens (tertiary/aromatic N) is 3. The fourth-order valence-electron chi connectivity index (χ4n) is 4.40. The van der Waals surface area contributed by atoms with Crippen molar-refractivity contribution < 1.29 is 18.1 Å². The van der Waals surface area contributed by atoms with Gasteiger partial charge in [-0.1, -0.05) is 41.6 Å². The molecule has 6 nitrogen and oxygen atoms in total. The fourth-order valence-corrected chi connectivity index (χ4v) is 4.40. The molecular weight excluding hydrogens is 433 g/mol. The van der Waals surface area contributed by atoms with Crippen molar-refractivity contribution in [3.05, 3.63) is 95.7 Å². The van der Waals surface area contributed by atoms with Gasteiger partial charge in [0.05, 0.1) is 24.9 Å². The maximum Gasteiger partial charge on any atom is 0.254 e. The molecule has 5 rings (SSSR count). The Morgan fingerprint density at radius 3 is 2.53 bits per heavy atom. The summed E-state index contributed by atoms with van der Waals surface area (Å²) in [7, 11) is 0. The van der Waals surface area contributed by atoms with Gasteiger partial charge in [0.2, 0.25) is 5.88 Å². The molecule has 2 aromatic heterocycles. The van der Waals surface area contributed by atoms with E-state index in [1.807, 2.05) is 36.4 Å². The van der Waals surface area contributed by atoms with Crippen LogP contribution in [0.1, 0.15) is 40.9 Å². The second-order valence-corrected chi connectivity index (χ2v) is 8.48. The Kier molecular flexibility index (Phi) is 6.42. The van der Waals surface area contributed by atoms with Gasteiger partial charge >= 0.3 is 0 Å². The van der Waals surface area contributed by atoms with Crippen LogP contribution in [0.5, 0.6) is 0 Å². The molecule has 0 N–H and O–H groups in total. The van der Waals surface area contributed by atoms with E-state index in [2.05, 4.69) is 10.1 Å². The highest BCUT2D eigenvalue weighted by Crippen LogP contribution is 2.34. The number of piperidine rings is 1. The predicted molar refractivity (Wildman–Crippen MR) is 127 cm³/mol. The number of furan rings is 1. The lowest BCUT2D eigenvalue weighted by Gasteiger charge is -2.28. The molecule has 0 saturated carbocycles. The number of hydrogen-bond donors (Lipinski definition) is 0. The molecule has 0 unspecified atom stereocenters. The highest BCUT2D eigenvalue weighted by molar-refractivity contribution is 5.94. The van der Waals surface area contributed by atoms with Crippen LogP contribution in [-0.4, -0.2) is 29.1 Å². The normalized spacial score (nSPS) is 13.7. The summed E-state index contributed by atoms with van der Waals surface area (Å²) < 4.78 is 25.3. The van der Waals surface area contributed by atoms with E-state index in [9.17, 15) is 9.18 Å². The summed E-state index contributed by atoms with van der Waals surface area (Å²) in [6.07, 6.45) is 4.93. The summed E-state index contributed by atoms with van der Waals surface area (Å²) in [6.45, 7) is 2.25. The number of benzene rings is 2. The average Bonchev–Trinajstić information content (AvgIpc) is 3.54. The molecule has 1 aliphatic rings. The van der Waals surface area contributed by atoms with Crippen LogP contribution >= 0.6 is 0 Å². The van der Waals surface area contributed by atoms with Gasteiger partial charge in [-0.3, -0.25) is 4.79 Å². The molecule has 0 spiro atoms. The van der Waals surface area contributed by atoms with Crippen LogP contribution in [0.25, 0.3) is 11.3 Å². The molecule has 0 radical (unpaired) electrons. The van der Waals surface area contributed by atoms with Crippen LogP contribution in [-0.2, 0) is 13.1 Å². The second-order valence-electron chi connectivity index (χ2n) is 8.48. The van der Waals surface area contributed by atoms with Crippen molar-refractivity contribution in [1.29, 1.82) is 0 Å². The lowest BCUT2D eigenvalue weighted by atomic mass is 10.0. The average molecular weight is 460 g/mol. The Morgan fingerprint density at radius 2 is 1.79 bits per heavy atom. The van der Waals surface area contributed by atoms with Gasteiger partial charge in [0, 0.05) is 24.2 Å². The van der Waals surface area contributed by atoms with Crippen molar-refractivity contribution in [3.8, 4) is 11.3 Å². The summed E-state index contributed by atoms with van der Waals surface area (Å²) in [6, 6.07) is 19.2. The van der Waals surface area contributed by atoms with Gasteiger partial charge in [-0.2, -0.15) is 0 Å². The van der Waals surface area contributed by atoms with E-state index < -0.39 is 5.82 Å². The minimum absolute atomic E-state index is 0.237. The van der Waals surface area contributed by atoms with Crippen LogP contribution in [0.4, 0.5) is 10.3 Å². The zero-order chi connectivity index (χ0) is 23.3. The van der Waals surface area contributed by atoms with Gasteiger partial charge in [-0.25, -0.2) is 4.39 Å². The molecule has 0 atom stereocenters. The molecule has 7 heteroatoms. The van der Waals surface area contributed by atoms with Crippen molar-refractivity contribution in [3.63, 3.8) is 0 Å². The summed E-state index contributed by atoms with van der Waals surface area (Å²) in [4.78, 5) is 17.4. The number of anilines is 1. The second kappa shape index (κ2) is 9.95. The molecule has 1 amide bonds. The summed E-state index contributed by atoms with van der Waals surface area (Å²) in [5.41, 5.74) is 2.74. The molecule has 1 saturated heterocycles. The molecule has 0 aliphatic carbocycles. The number of carbonyl (C=O) groups is 1. The lowest BCUT2D eigenvalue weighted by Crippen LogP contribution is -2.33. The maximum absolute atomic E-state index is 13.9. The van der Waals surface area contributed by atoms with Gasteiger partial charge in [-0.15, -0.1) is 0 Å². The van der Waals surface area contributed by atoms with Gasteiger partial charge in [-0.05, 0) is 49.6 Å². The van der Waals surface area contributed by atoms with Crippen molar-refractivity contribution in [2.75, 3.05) is 18.0 Å². The Balaban J connectivity index is 1.55. The van der Waals surface area contributed by atoms with Crippen LogP contribution in [0.2, 0.25) is 0 Å². The first-order valence-corrected chi connectivity index (χ1v) is 11.5. The molecule has 1 aliphatic heterocycles. The molecule has 3 heterocycles. The van der Waals surface area contributed by atoms with E-state index in [-0.39, 0.29) is 24.6 Å². The van der Waals surface area contributed by atoms with Crippen LogP contribution < -0.4 is 4.90 Å². The highest BCUT2D eigenvalue weighted by atomic mass is 19.1. The summed E-state index contributed by atoms with van der Waals surface area (Å²) in [5.74, 6) is 0.588. The third kappa shape index (κ3) is 4.73. The minimum atomic E-state index is -0.451. The maximum atomic E-state index is 13.9. The van der Waals surface area contributed by atoms with Crippen molar-refractivity contribution >= 4 is 11.8 Å². The molecule has 174 valence electrons. The van der Waals surface area contributed by atoms with E-state index in [1.54, 1.807) is 29.4 Å². The Labute approximate surface area is 197 Å². The zero-order valence-electron chi connectivity index (χ0n) is 18.8. The third-order valence-electron chi connectivity index (χ3n) is 6.09. The minimum Gasteiger partial charge on any atom is -0.467 e. The van der Waals surface area contributed by atoms with Gasteiger partial charge < -0.3 is 18.7 Å². The van der Waals surface area contributed by atoms with Gasteiger partial charge in [0.15, 0.2) is 0 Å². The number of aromatic nitrogens is 1. The Bertz CT molecular complexity index is 1230.